The SMILES string of the molecule is CC(C)(C)OC(=O)N1CCC(c2c(C(=O)N3CCN(c4ccccc4)CC3)cnn2-c2ccccc2)CC1. The van der Waals surface area contributed by atoms with E-state index >= 15 is 0 Å². The molecular weight excluding hydrogens is 478 g/mol. The fourth-order valence-electron chi connectivity index (χ4n) is 5.33. The van der Waals surface area contributed by atoms with Gasteiger partial charge in [-0.1, -0.05) is 36.4 Å². The molecule has 0 unspecified atom stereocenters. The van der Waals surface area contributed by atoms with Crippen molar-refractivity contribution in [3.63, 3.8) is 0 Å². The Kier molecular flexibility index (Phi) is 7.40. The minimum atomic E-state index is -0.524. The Morgan fingerprint density at radius 1 is 0.789 bits per heavy atom. The standard InChI is InChI=1S/C30H37N5O3/c1-30(2,3)38-29(37)34-16-14-23(15-17-34)27-26(22-31-35(27)25-12-8-5-9-13-25)28(36)33-20-18-32(19-21-33)24-10-6-4-7-11-24/h4-13,22-23H,14-21H2,1-3H3. The first kappa shape index (κ1) is 25.8. The maximum Gasteiger partial charge on any atom is 0.410 e. The number of hydrogen-bond donors (Lipinski definition) is 0. The summed E-state index contributed by atoms with van der Waals surface area (Å²) in [5.74, 6) is 0.144. The normalized spacial score (nSPS) is 17.0. The molecule has 0 N–H and O–H groups in total. The molecule has 0 spiro atoms. The number of piperazine rings is 1. The number of benzene rings is 2. The number of carbonyl (C=O) groups excluding carboxylic acids is 2. The Hall–Kier alpha value is -3.81. The molecule has 2 aliphatic rings. The number of likely N-dealkylation sites (tertiary alicyclic amines) is 1. The Labute approximate surface area is 224 Å². The van der Waals surface area contributed by atoms with Crippen molar-refractivity contribution < 1.29 is 14.3 Å². The van der Waals surface area contributed by atoms with E-state index in [9.17, 15) is 9.59 Å². The van der Waals surface area contributed by atoms with Gasteiger partial charge < -0.3 is 19.4 Å². The smallest absolute Gasteiger partial charge is 0.410 e. The van der Waals surface area contributed by atoms with Gasteiger partial charge >= 0.3 is 6.09 Å². The van der Waals surface area contributed by atoms with Crippen LogP contribution in [-0.4, -0.2) is 76.5 Å². The van der Waals surface area contributed by atoms with Crippen molar-refractivity contribution >= 4 is 17.7 Å². The van der Waals surface area contributed by atoms with Crippen molar-refractivity contribution in [2.45, 2.75) is 45.1 Å². The highest BCUT2D eigenvalue weighted by Gasteiger charge is 2.34. The number of carbonyl (C=O) groups is 2. The zero-order chi connectivity index (χ0) is 26.7. The zero-order valence-electron chi connectivity index (χ0n) is 22.5. The van der Waals surface area contributed by atoms with Crippen LogP contribution in [0.15, 0.2) is 66.9 Å². The summed E-state index contributed by atoms with van der Waals surface area (Å²) in [6.45, 7) is 9.75. The number of aromatic nitrogens is 2. The summed E-state index contributed by atoms with van der Waals surface area (Å²) in [6.07, 6.45) is 2.95. The molecular formula is C30H37N5O3. The molecule has 0 radical (unpaired) electrons. The van der Waals surface area contributed by atoms with E-state index in [1.165, 1.54) is 5.69 Å². The molecule has 5 rings (SSSR count). The first-order valence-electron chi connectivity index (χ1n) is 13.5. The van der Waals surface area contributed by atoms with E-state index in [2.05, 4.69) is 17.0 Å². The van der Waals surface area contributed by atoms with E-state index in [1.807, 2.05) is 78.9 Å². The Balaban J connectivity index is 1.34. The van der Waals surface area contributed by atoms with Gasteiger partial charge in [-0.25, -0.2) is 9.48 Å². The summed E-state index contributed by atoms with van der Waals surface area (Å²) in [5.41, 5.74) is 3.21. The molecule has 0 aliphatic carbocycles. The Bertz CT molecular complexity index is 1240. The maximum atomic E-state index is 13.8. The van der Waals surface area contributed by atoms with Gasteiger partial charge in [-0.3, -0.25) is 4.79 Å². The largest absolute Gasteiger partial charge is 0.444 e. The van der Waals surface area contributed by atoms with Crippen molar-refractivity contribution in [1.29, 1.82) is 0 Å². The third-order valence-corrected chi connectivity index (χ3v) is 7.26. The average molecular weight is 516 g/mol. The molecule has 8 heteroatoms. The number of nitrogens with zero attached hydrogens (tertiary/aromatic N) is 5. The Morgan fingerprint density at radius 3 is 1.95 bits per heavy atom. The van der Waals surface area contributed by atoms with E-state index in [0.29, 0.717) is 31.7 Å². The van der Waals surface area contributed by atoms with Crippen LogP contribution in [0.1, 0.15) is 55.6 Å². The van der Waals surface area contributed by atoms with Gasteiger partial charge in [-0.2, -0.15) is 5.10 Å². The minimum Gasteiger partial charge on any atom is -0.444 e. The summed E-state index contributed by atoms with van der Waals surface area (Å²) < 4.78 is 7.50. The predicted molar refractivity (Wildman–Crippen MR) is 148 cm³/mol. The monoisotopic (exact) mass is 515 g/mol. The molecule has 0 saturated carbocycles. The first-order valence-corrected chi connectivity index (χ1v) is 13.5. The van der Waals surface area contributed by atoms with Gasteiger partial charge in [0.25, 0.3) is 5.91 Å². The summed E-state index contributed by atoms with van der Waals surface area (Å²) in [7, 11) is 0. The van der Waals surface area contributed by atoms with Crippen LogP contribution in [0.2, 0.25) is 0 Å². The second-order valence-corrected chi connectivity index (χ2v) is 11.0. The second-order valence-electron chi connectivity index (χ2n) is 11.0. The summed E-state index contributed by atoms with van der Waals surface area (Å²) in [4.78, 5) is 32.5. The highest BCUT2D eigenvalue weighted by Crippen LogP contribution is 2.33. The quantitative estimate of drug-likeness (QED) is 0.492. The van der Waals surface area contributed by atoms with Crippen LogP contribution in [0, 0.1) is 0 Å². The van der Waals surface area contributed by atoms with Gasteiger partial charge in [0.05, 0.1) is 23.1 Å². The van der Waals surface area contributed by atoms with E-state index in [0.717, 1.165) is 37.3 Å². The van der Waals surface area contributed by atoms with E-state index in [1.54, 1.807) is 11.1 Å². The van der Waals surface area contributed by atoms with Gasteiger partial charge in [0.2, 0.25) is 0 Å². The Morgan fingerprint density at radius 2 is 1.37 bits per heavy atom. The number of amides is 2. The lowest BCUT2D eigenvalue weighted by Crippen LogP contribution is -2.49. The molecule has 2 aliphatic heterocycles. The van der Waals surface area contributed by atoms with E-state index < -0.39 is 5.60 Å². The van der Waals surface area contributed by atoms with Crippen molar-refractivity contribution in [1.82, 2.24) is 19.6 Å². The van der Waals surface area contributed by atoms with Crippen molar-refractivity contribution in [3.05, 3.63) is 78.1 Å². The fraction of sp³-hybridized carbons (Fsp3) is 0.433. The molecule has 1 aromatic heterocycles. The molecule has 0 atom stereocenters. The number of ether oxygens (including phenoxy) is 1. The molecule has 38 heavy (non-hydrogen) atoms. The number of para-hydroxylation sites is 2. The predicted octanol–water partition coefficient (Wildman–Crippen LogP) is 4.95. The third-order valence-electron chi connectivity index (χ3n) is 7.26. The lowest BCUT2D eigenvalue weighted by Gasteiger charge is -2.37. The summed E-state index contributed by atoms with van der Waals surface area (Å²) >= 11 is 0. The zero-order valence-corrected chi connectivity index (χ0v) is 22.5. The number of piperidine rings is 1. The van der Waals surface area contributed by atoms with E-state index in [-0.39, 0.29) is 17.9 Å². The molecule has 3 heterocycles. The first-order chi connectivity index (χ1) is 18.3. The molecule has 200 valence electrons. The minimum absolute atomic E-state index is 0.0319. The van der Waals surface area contributed by atoms with Crippen LogP contribution in [-0.2, 0) is 4.74 Å². The molecule has 8 nitrogen and oxygen atoms in total. The molecule has 2 fully saturated rings. The van der Waals surface area contributed by atoms with Gasteiger partial charge in [-0.15, -0.1) is 0 Å². The topological polar surface area (TPSA) is 70.9 Å². The number of rotatable bonds is 4. The number of hydrogen-bond acceptors (Lipinski definition) is 5. The second kappa shape index (κ2) is 10.9. The number of anilines is 1. The van der Waals surface area contributed by atoms with Crippen molar-refractivity contribution in [2.24, 2.45) is 0 Å². The van der Waals surface area contributed by atoms with Crippen LogP contribution in [0.5, 0.6) is 0 Å². The third kappa shape index (κ3) is 5.69. The fourth-order valence-corrected chi connectivity index (χ4v) is 5.33. The van der Waals surface area contributed by atoms with Crippen molar-refractivity contribution in [2.75, 3.05) is 44.2 Å². The van der Waals surface area contributed by atoms with Gasteiger partial charge in [0, 0.05) is 50.9 Å². The summed E-state index contributed by atoms with van der Waals surface area (Å²) in [6, 6.07) is 20.3. The summed E-state index contributed by atoms with van der Waals surface area (Å²) in [5, 5.41) is 4.70. The van der Waals surface area contributed by atoms with Crippen LogP contribution < -0.4 is 4.90 Å². The van der Waals surface area contributed by atoms with Gasteiger partial charge in [0.15, 0.2) is 0 Å². The molecule has 2 saturated heterocycles. The van der Waals surface area contributed by atoms with Gasteiger partial charge in [0.1, 0.15) is 5.60 Å². The van der Waals surface area contributed by atoms with Crippen molar-refractivity contribution in [3.8, 4) is 5.69 Å². The lowest BCUT2D eigenvalue weighted by atomic mass is 9.90. The average Bonchev–Trinajstić information content (AvgIpc) is 3.38. The van der Waals surface area contributed by atoms with Gasteiger partial charge in [-0.05, 0) is 57.9 Å². The van der Waals surface area contributed by atoms with Crippen LogP contribution >= 0.6 is 0 Å². The molecule has 2 amide bonds. The molecule has 2 aromatic carbocycles. The van der Waals surface area contributed by atoms with E-state index in [4.69, 9.17) is 9.84 Å². The molecule has 3 aromatic rings. The maximum absolute atomic E-state index is 13.8. The van der Waals surface area contributed by atoms with Crippen LogP contribution in [0.25, 0.3) is 5.69 Å². The van der Waals surface area contributed by atoms with Crippen LogP contribution in [0.3, 0.4) is 0 Å². The van der Waals surface area contributed by atoms with Crippen LogP contribution in [0.4, 0.5) is 10.5 Å². The highest BCUT2D eigenvalue weighted by molar-refractivity contribution is 5.95. The highest BCUT2D eigenvalue weighted by atomic mass is 16.6. The lowest BCUT2D eigenvalue weighted by molar-refractivity contribution is 0.0203. The molecule has 0 bridgehead atoms.